The van der Waals surface area contributed by atoms with Gasteiger partial charge in [0, 0.05) is 32.4 Å². The molecule has 1 aromatic rings. The SMILES string of the molecule is O=C(CN1C(=O)NC2(CCCC2)C1=O)N1CCN(c2ccc(C(F)(F)F)cn2)CC1. The average molecular weight is 425 g/mol. The molecule has 3 fully saturated rings. The van der Waals surface area contributed by atoms with Crippen molar-refractivity contribution in [1.29, 1.82) is 0 Å². The molecule has 30 heavy (non-hydrogen) atoms. The number of amides is 4. The van der Waals surface area contributed by atoms with Crippen molar-refractivity contribution in [3.63, 3.8) is 0 Å². The molecule has 0 aromatic carbocycles. The molecule has 0 radical (unpaired) electrons. The Morgan fingerprint density at radius 1 is 1.10 bits per heavy atom. The Bertz CT molecular complexity index is 844. The summed E-state index contributed by atoms with van der Waals surface area (Å²) in [6, 6.07) is 1.77. The molecule has 162 valence electrons. The fourth-order valence-electron chi connectivity index (χ4n) is 4.30. The van der Waals surface area contributed by atoms with Crippen molar-refractivity contribution in [3.8, 4) is 0 Å². The van der Waals surface area contributed by atoms with Gasteiger partial charge in [-0.3, -0.25) is 14.5 Å². The van der Waals surface area contributed by atoms with Gasteiger partial charge in [-0.25, -0.2) is 9.78 Å². The summed E-state index contributed by atoms with van der Waals surface area (Å²) in [4.78, 5) is 45.8. The zero-order chi connectivity index (χ0) is 21.5. The molecule has 1 aliphatic carbocycles. The molecule has 2 saturated heterocycles. The fourth-order valence-corrected chi connectivity index (χ4v) is 4.30. The van der Waals surface area contributed by atoms with Gasteiger partial charge >= 0.3 is 12.2 Å². The van der Waals surface area contributed by atoms with Crippen molar-refractivity contribution in [1.82, 2.24) is 20.1 Å². The van der Waals surface area contributed by atoms with Gasteiger partial charge in [0.15, 0.2) is 0 Å². The van der Waals surface area contributed by atoms with Crippen molar-refractivity contribution >= 4 is 23.7 Å². The lowest BCUT2D eigenvalue weighted by atomic mass is 9.98. The molecule has 2 aliphatic heterocycles. The highest BCUT2D eigenvalue weighted by Crippen LogP contribution is 2.35. The van der Waals surface area contributed by atoms with Crippen LogP contribution in [0, 0.1) is 0 Å². The Balaban J connectivity index is 1.32. The maximum Gasteiger partial charge on any atom is 0.417 e. The first kappa shape index (κ1) is 20.4. The number of rotatable bonds is 3. The summed E-state index contributed by atoms with van der Waals surface area (Å²) in [5.74, 6) is -0.244. The van der Waals surface area contributed by atoms with Crippen LogP contribution in [0.5, 0.6) is 0 Å². The van der Waals surface area contributed by atoms with Gasteiger partial charge in [0.05, 0.1) is 5.56 Å². The first-order valence-electron chi connectivity index (χ1n) is 9.90. The normalized spacial score (nSPS) is 21.5. The van der Waals surface area contributed by atoms with Crippen LogP contribution in [-0.4, -0.2) is 70.9 Å². The minimum atomic E-state index is -4.44. The number of nitrogens with one attached hydrogen (secondary N) is 1. The van der Waals surface area contributed by atoms with E-state index in [2.05, 4.69) is 10.3 Å². The van der Waals surface area contributed by atoms with Gasteiger partial charge in [0.2, 0.25) is 5.91 Å². The van der Waals surface area contributed by atoms with Crippen LogP contribution >= 0.6 is 0 Å². The quantitative estimate of drug-likeness (QED) is 0.744. The van der Waals surface area contributed by atoms with E-state index < -0.39 is 23.3 Å². The standard InChI is InChI=1S/C19H22F3N5O3/c20-19(21,22)13-3-4-14(23-11-13)25-7-9-26(10-8-25)15(28)12-27-16(29)18(24-17(27)30)5-1-2-6-18/h3-4,11H,1-2,5-10,12H2,(H,24,30). The van der Waals surface area contributed by atoms with E-state index in [1.807, 2.05) is 0 Å². The van der Waals surface area contributed by atoms with Crippen LogP contribution in [-0.2, 0) is 15.8 Å². The molecule has 8 nitrogen and oxygen atoms in total. The summed E-state index contributed by atoms with van der Waals surface area (Å²) >= 11 is 0. The largest absolute Gasteiger partial charge is 0.417 e. The molecule has 1 saturated carbocycles. The van der Waals surface area contributed by atoms with Crippen molar-refractivity contribution in [2.75, 3.05) is 37.6 Å². The number of nitrogens with zero attached hydrogens (tertiary/aromatic N) is 4. The van der Waals surface area contributed by atoms with Gasteiger partial charge in [-0.2, -0.15) is 13.2 Å². The summed E-state index contributed by atoms with van der Waals surface area (Å²) in [7, 11) is 0. The van der Waals surface area contributed by atoms with E-state index >= 15 is 0 Å². The maximum absolute atomic E-state index is 12.7. The minimum absolute atomic E-state index is 0.301. The molecular weight excluding hydrogens is 403 g/mol. The molecule has 1 N–H and O–H groups in total. The Labute approximate surface area is 171 Å². The molecule has 1 spiro atoms. The number of halogens is 3. The number of piperazine rings is 1. The number of imide groups is 1. The third-order valence-electron chi connectivity index (χ3n) is 6.03. The number of aromatic nitrogens is 1. The van der Waals surface area contributed by atoms with Gasteiger partial charge in [-0.1, -0.05) is 12.8 Å². The van der Waals surface area contributed by atoms with E-state index in [0.717, 1.165) is 30.0 Å². The van der Waals surface area contributed by atoms with Crippen LogP contribution in [0.4, 0.5) is 23.8 Å². The molecular formula is C19H22F3N5O3. The molecule has 3 heterocycles. The smallest absolute Gasteiger partial charge is 0.353 e. The molecule has 0 bridgehead atoms. The number of anilines is 1. The molecule has 1 aromatic heterocycles. The number of urea groups is 1. The number of alkyl halides is 3. The molecule has 4 amide bonds. The van der Waals surface area contributed by atoms with E-state index in [1.54, 1.807) is 9.80 Å². The third-order valence-corrected chi connectivity index (χ3v) is 6.03. The van der Waals surface area contributed by atoms with Crippen LogP contribution in [0.3, 0.4) is 0 Å². The second-order valence-corrected chi connectivity index (χ2v) is 7.88. The minimum Gasteiger partial charge on any atom is -0.353 e. The predicted molar refractivity (Wildman–Crippen MR) is 99.5 cm³/mol. The number of hydrogen-bond donors (Lipinski definition) is 1. The topological polar surface area (TPSA) is 85.8 Å². The van der Waals surface area contributed by atoms with Crippen LogP contribution in [0.25, 0.3) is 0 Å². The number of carbonyl (C=O) groups excluding carboxylic acids is 3. The summed E-state index contributed by atoms with van der Waals surface area (Å²) in [6.07, 6.45) is -0.708. The monoisotopic (exact) mass is 425 g/mol. The van der Waals surface area contributed by atoms with Gasteiger partial charge in [0.1, 0.15) is 17.9 Å². The van der Waals surface area contributed by atoms with Gasteiger partial charge in [-0.15, -0.1) is 0 Å². The van der Waals surface area contributed by atoms with Crippen molar-refractivity contribution < 1.29 is 27.6 Å². The maximum atomic E-state index is 12.7. The predicted octanol–water partition coefficient (Wildman–Crippen LogP) is 1.61. The Hall–Kier alpha value is -2.85. The van der Waals surface area contributed by atoms with Gasteiger partial charge in [-0.05, 0) is 25.0 Å². The molecule has 3 aliphatic rings. The first-order chi connectivity index (χ1) is 14.2. The van der Waals surface area contributed by atoms with E-state index in [4.69, 9.17) is 0 Å². The van der Waals surface area contributed by atoms with Crippen molar-refractivity contribution in [2.45, 2.75) is 37.4 Å². The number of pyridine rings is 1. The van der Waals surface area contributed by atoms with Crippen molar-refractivity contribution in [3.05, 3.63) is 23.9 Å². The summed E-state index contributed by atoms with van der Waals surface area (Å²) in [6.45, 7) is 1.15. The van der Waals surface area contributed by atoms with Crippen molar-refractivity contribution in [2.24, 2.45) is 0 Å². The highest BCUT2D eigenvalue weighted by Gasteiger charge is 2.52. The van der Waals surface area contributed by atoms with Crippen LogP contribution in [0.2, 0.25) is 0 Å². The summed E-state index contributed by atoms with van der Waals surface area (Å²) in [5.41, 5.74) is -1.65. The molecule has 0 unspecified atom stereocenters. The Morgan fingerprint density at radius 2 is 1.77 bits per heavy atom. The van der Waals surface area contributed by atoms with E-state index in [0.29, 0.717) is 44.8 Å². The van der Waals surface area contributed by atoms with Crippen LogP contribution in [0.1, 0.15) is 31.2 Å². The Kier molecular flexibility index (Phi) is 5.07. The van der Waals surface area contributed by atoms with E-state index in [9.17, 15) is 27.6 Å². The zero-order valence-electron chi connectivity index (χ0n) is 16.2. The first-order valence-corrected chi connectivity index (χ1v) is 9.90. The summed E-state index contributed by atoms with van der Waals surface area (Å²) in [5, 5.41) is 2.75. The zero-order valence-corrected chi connectivity index (χ0v) is 16.2. The molecule has 11 heteroatoms. The van der Waals surface area contributed by atoms with E-state index in [1.165, 1.54) is 6.07 Å². The number of carbonyl (C=O) groups is 3. The fraction of sp³-hybridized carbons (Fsp3) is 0.579. The molecule has 4 rings (SSSR count). The lowest BCUT2D eigenvalue weighted by molar-refractivity contribution is -0.139. The lowest BCUT2D eigenvalue weighted by Gasteiger charge is -2.36. The van der Waals surface area contributed by atoms with Crippen LogP contribution < -0.4 is 10.2 Å². The summed E-state index contributed by atoms with van der Waals surface area (Å²) < 4.78 is 38.0. The second kappa shape index (κ2) is 7.44. The number of hydrogen-bond acceptors (Lipinski definition) is 5. The average Bonchev–Trinajstić information content (AvgIpc) is 3.28. The molecule has 0 atom stereocenters. The van der Waals surface area contributed by atoms with Gasteiger partial charge in [0.25, 0.3) is 5.91 Å². The van der Waals surface area contributed by atoms with E-state index in [-0.39, 0.29) is 18.4 Å². The van der Waals surface area contributed by atoms with Crippen LogP contribution in [0.15, 0.2) is 18.3 Å². The Morgan fingerprint density at radius 3 is 2.33 bits per heavy atom. The third kappa shape index (κ3) is 3.68. The lowest BCUT2D eigenvalue weighted by Crippen LogP contribution is -2.52. The highest BCUT2D eigenvalue weighted by atomic mass is 19.4. The second-order valence-electron chi connectivity index (χ2n) is 7.88. The highest BCUT2D eigenvalue weighted by molar-refractivity contribution is 6.09. The van der Waals surface area contributed by atoms with Gasteiger partial charge < -0.3 is 15.1 Å².